The molecule has 0 saturated heterocycles. The van der Waals surface area contributed by atoms with Crippen LogP contribution in [0.25, 0.3) is 0 Å². The molecule has 0 aliphatic heterocycles. The molecule has 0 atom stereocenters. The predicted molar refractivity (Wildman–Crippen MR) is 50.4 cm³/mol. The van der Waals surface area contributed by atoms with Gasteiger partial charge in [0, 0.05) is 6.20 Å². The fourth-order valence-corrected chi connectivity index (χ4v) is 0.519. The third kappa shape index (κ3) is 3.15. The molecule has 0 radical (unpaired) electrons. The molecule has 1 rings (SSSR count). The second-order valence-corrected chi connectivity index (χ2v) is 1.72. The maximum absolute atomic E-state index is 10.5. The molecule has 64 valence electrons. The quantitative estimate of drug-likeness (QED) is 0.563. The molecule has 0 unspecified atom stereocenters. The Morgan fingerprint density at radius 1 is 1.27 bits per heavy atom. The van der Waals surface area contributed by atoms with Crippen LogP contribution < -0.4 is 17.0 Å². The third-order valence-corrected chi connectivity index (χ3v) is 0.954. The van der Waals surface area contributed by atoms with Gasteiger partial charge in [-0.15, -0.1) is 24.8 Å². The van der Waals surface area contributed by atoms with Gasteiger partial charge in [0.1, 0.15) is 0 Å². The van der Waals surface area contributed by atoms with Crippen molar-refractivity contribution in [3.05, 3.63) is 22.6 Å². The smallest absolute Gasteiger partial charge is 0.271 e. The highest BCUT2D eigenvalue weighted by atomic mass is 35.5. The number of nitrogen functional groups attached to an aromatic ring is 2. The van der Waals surface area contributed by atoms with Crippen molar-refractivity contribution in [2.75, 3.05) is 11.5 Å². The van der Waals surface area contributed by atoms with Gasteiger partial charge in [0.25, 0.3) is 5.56 Å². The standard InChI is InChI=1S/C5H7N3O.2ClH/c6-3-1-4(7)5(9)8-2-3;;/h1-2H,6-7H2,(H,8,9);2*1H. The summed E-state index contributed by atoms with van der Waals surface area (Å²) in [6, 6.07) is 1.42. The van der Waals surface area contributed by atoms with Gasteiger partial charge >= 0.3 is 0 Å². The summed E-state index contributed by atoms with van der Waals surface area (Å²) in [6.07, 6.45) is 1.40. The van der Waals surface area contributed by atoms with Gasteiger partial charge in [-0.3, -0.25) is 4.79 Å². The van der Waals surface area contributed by atoms with Crippen molar-refractivity contribution in [3.8, 4) is 0 Å². The van der Waals surface area contributed by atoms with E-state index in [1.807, 2.05) is 0 Å². The molecule has 0 aliphatic carbocycles. The summed E-state index contributed by atoms with van der Waals surface area (Å²) in [5, 5.41) is 0. The first-order valence-electron chi connectivity index (χ1n) is 2.44. The minimum Gasteiger partial charge on any atom is -0.397 e. The maximum Gasteiger partial charge on any atom is 0.271 e. The minimum atomic E-state index is -0.302. The van der Waals surface area contributed by atoms with Gasteiger partial charge in [0.2, 0.25) is 0 Å². The Labute approximate surface area is 75.8 Å². The topological polar surface area (TPSA) is 84.9 Å². The Morgan fingerprint density at radius 2 is 1.82 bits per heavy atom. The molecule has 1 aromatic heterocycles. The van der Waals surface area contributed by atoms with Crippen molar-refractivity contribution in [2.45, 2.75) is 0 Å². The van der Waals surface area contributed by atoms with E-state index >= 15 is 0 Å². The third-order valence-electron chi connectivity index (χ3n) is 0.954. The highest BCUT2D eigenvalue weighted by Crippen LogP contribution is 1.98. The van der Waals surface area contributed by atoms with E-state index < -0.39 is 0 Å². The Hall–Kier alpha value is -0.870. The summed E-state index contributed by atoms with van der Waals surface area (Å²) in [5.41, 5.74) is 10.8. The van der Waals surface area contributed by atoms with E-state index in [1.165, 1.54) is 12.3 Å². The number of hydrogen-bond acceptors (Lipinski definition) is 3. The molecule has 0 spiro atoms. The van der Waals surface area contributed by atoms with Crippen LogP contribution in [0, 0.1) is 0 Å². The number of H-pyrrole nitrogens is 1. The summed E-state index contributed by atoms with van der Waals surface area (Å²) in [5.74, 6) is 0. The molecule has 0 fully saturated rings. The fraction of sp³-hybridized carbons (Fsp3) is 0. The summed E-state index contributed by atoms with van der Waals surface area (Å²) in [4.78, 5) is 12.9. The largest absolute Gasteiger partial charge is 0.397 e. The molecule has 1 heterocycles. The molecule has 11 heavy (non-hydrogen) atoms. The molecule has 0 bridgehead atoms. The summed E-state index contributed by atoms with van der Waals surface area (Å²) in [6.45, 7) is 0. The van der Waals surface area contributed by atoms with Crippen LogP contribution in [0.2, 0.25) is 0 Å². The lowest BCUT2D eigenvalue weighted by Gasteiger charge is -1.91. The number of aromatic nitrogens is 1. The molecule has 4 nitrogen and oxygen atoms in total. The van der Waals surface area contributed by atoms with Crippen molar-refractivity contribution in [1.29, 1.82) is 0 Å². The second-order valence-electron chi connectivity index (χ2n) is 1.72. The fourth-order valence-electron chi connectivity index (χ4n) is 0.519. The van der Waals surface area contributed by atoms with Crippen molar-refractivity contribution in [3.63, 3.8) is 0 Å². The zero-order valence-electron chi connectivity index (χ0n) is 5.53. The lowest BCUT2D eigenvalue weighted by molar-refractivity contribution is 1.25. The molecule has 0 aromatic carbocycles. The first-order chi connectivity index (χ1) is 4.20. The Bertz CT molecular complexity index is 273. The van der Waals surface area contributed by atoms with Crippen molar-refractivity contribution >= 4 is 36.2 Å². The van der Waals surface area contributed by atoms with E-state index in [0.717, 1.165) is 0 Å². The molecular weight excluding hydrogens is 189 g/mol. The molecule has 0 saturated carbocycles. The molecule has 5 N–H and O–H groups in total. The van der Waals surface area contributed by atoms with Gasteiger partial charge < -0.3 is 16.5 Å². The SMILES string of the molecule is Cl.Cl.Nc1c[nH]c(=O)c(N)c1. The van der Waals surface area contributed by atoms with E-state index in [9.17, 15) is 4.79 Å². The second kappa shape index (κ2) is 4.87. The number of halogens is 2. The summed E-state index contributed by atoms with van der Waals surface area (Å²) < 4.78 is 0. The van der Waals surface area contributed by atoms with Crippen LogP contribution in [0.15, 0.2) is 17.1 Å². The van der Waals surface area contributed by atoms with Crippen molar-refractivity contribution in [2.24, 2.45) is 0 Å². The highest BCUT2D eigenvalue weighted by molar-refractivity contribution is 5.85. The summed E-state index contributed by atoms with van der Waals surface area (Å²) >= 11 is 0. The zero-order valence-corrected chi connectivity index (χ0v) is 7.17. The van der Waals surface area contributed by atoms with Gasteiger partial charge in [-0.2, -0.15) is 0 Å². The number of rotatable bonds is 0. The Morgan fingerprint density at radius 3 is 2.18 bits per heavy atom. The average Bonchev–Trinajstić information content (AvgIpc) is 1.80. The maximum atomic E-state index is 10.5. The lowest BCUT2D eigenvalue weighted by atomic mass is 10.4. The van der Waals surface area contributed by atoms with E-state index in [-0.39, 0.29) is 36.1 Å². The number of hydrogen-bond donors (Lipinski definition) is 3. The van der Waals surface area contributed by atoms with E-state index in [4.69, 9.17) is 11.5 Å². The van der Waals surface area contributed by atoms with E-state index in [1.54, 1.807) is 0 Å². The first-order valence-corrected chi connectivity index (χ1v) is 2.44. The number of nitrogens with two attached hydrogens (primary N) is 2. The lowest BCUT2D eigenvalue weighted by Crippen LogP contribution is -2.10. The van der Waals surface area contributed by atoms with Crippen molar-refractivity contribution in [1.82, 2.24) is 4.98 Å². The van der Waals surface area contributed by atoms with E-state index in [0.29, 0.717) is 5.69 Å². The van der Waals surface area contributed by atoms with Crippen LogP contribution in [0.5, 0.6) is 0 Å². The van der Waals surface area contributed by atoms with Gasteiger partial charge in [-0.1, -0.05) is 0 Å². The summed E-state index contributed by atoms with van der Waals surface area (Å²) in [7, 11) is 0. The zero-order chi connectivity index (χ0) is 6.85. The number of pyridine rings is 1. The van der Waals surface area contributed by atoms with E-state index in [2.05, 4.69) is 4.98 Å². The number of aromatic amines is 1. The highest BCUT2D eigenvalue weighted by Gasteiger charge is 1.90. The predicted octanol–water partition coefficient (Wildman–Crippen LogP) is 0.383. The molecule has 0 aliphatic rings. The van der Waals surface area contributed by atoms with Crippen LogP contribution in [0.3, 0.4) is 0 Å². The van der Waals surface area contributed by atoms with Crippen LogP contribution in [0.4, 0.5) is 11.4 Å². The first kappa shape index (κ1) is 12.8. The van der Waals surface area contributed by atoms with Crippen LogP contribution in [-0.4, -0.2) is 4.98 Å². The molecule has 0 amide bonds. The average molecular weight is 198 g/mol. The van der Waals surface area contributed by atoms with Gasteiger partial charge in [-0.05, 0) is 6.07 Å². The molecule has 1 aromatic rings. The normalized spacial score (nSPS) is 7.64. The molecular formula is C5H9Cl2N3O. The number of nitrogens with one attached hydrogen (secondary N) is 1. The number of anilines is 2. The monoisotopic (exact) mass is 197 g/mol. The van der Waals surface area contributed by atoms with Crippen LogP contribution in [0.1, 0.15) is 0 Å². The van der Waals surface area contributed by atoms with Gasteiger partial charge in [0.15, 0.2) is 0 Å². The molecule has 6 heteroatoms. The van der Waals surface area contributed by atoms with Crippen LogP contribution >= 0.6 is 24.8 Å². The van der Waals surface area contributed by atoms with Crippen molar-refractivity contribution < 1.29 is 0 Å². The minimum absolute atomic E-state index is 0. The van der Waals surface area contributed by atoms with Crippen LogP contribution in [-0.2, 0) is 0 Å². The Balaban J connectivity index is 0. The Kier molecular flexibility index (Phi) is 5.66. The van der Waals surface area contributed by atoms with Gasteiger partial charge in [0.05, 0.1) is 11.4 Å². The van der Waals surface area contributed by atoms with Gasteiger partial charge in [-0.25, -0.2) is 0 Å².